The summed E-state index contributed by atoms with van der Waals surface area (Å²) in [6.45, 7) is 2.26. The van der Waals surface area contributed by atoms with Crippen LogP contribution in [0.1, 0.15) is 56.2 Å². The molecule has 2 atom stereocenters. The Labute approximate surface area is 189 Å². The van der Waals surface area contributed by atoms with Crippen LogP contribution in [-0.4, -0.2) is 11.9 Å². The average Bonchev–Trinajstić information content (AvgIpc) is 3.12. The molecule has 2 aromatic carbocycles. The summed E-state index contributed by atoms with van der Waals surface area (Å²) in [5, 5.41) is 8.05. The first-order valence-corrected chi connectivity index (χ1v) is 11.5. The van der Waals surface area contributed by atoms with Crippen LogP contribution in [0.2, 0.25) is 5.02 Å². The van der Waals surface area contributed by atoms with Crippen LogP contribution in [0.15, 0.2) is 48.5 Å². The van der Waals surface area contributed by atoms with Crippen LogP contribution in [0.3, 0.4) is 0 Å². The molecule has 0 fully saturated rings. The predicted molar refractivity (Wildman–Crippen MR) is 122 cm³/mol. The first kappa shape index (κ1) is 20.1. The monoisotopic (exact) mass is 452 g/mol. The van der Waals surface area contributed by atoms with Crippen LogP contribution >= 0.6 is 22.9 Å². The van der Waals surface area contributed by atoms with Crippen molar-refractivity contribution >= 4 is 39.8 Å². The normalized spacial score (nSPS) is 19.6. The Bertz CT molecular complexity index is 1150. The number of hydrogen-bond acceptors (Lipinski definition) is 5. The zero-order chi connectivity index (χ0) is 21.5. The van der Waals surface area contributed by atoms with Crippen molar-refractivity contribution < 1.29 is 14.3 Å². The van der Waals surface area contributed by atoms with E-state index in [2.05, 4.69) is 17.6 Å². The van der Waals surface area contributed by atoms with Crippen molar-refractivity contribution in [3.05, 3.63) is 80.7 Å². The minimum Gasteiger partial charge on any atom is -0.423 e. The van der Waals surface area contributed by atoms with E-state index in [1.807, 2.05) is 12.1 Å². The van der Waals surface area contributed by atoms with Gasteiger partial charge in [0.25, 0.3) is 5.91 Å². The van der Waals surface area contributed by atoms with E-state index >= 15 is 0 Å². The molecular formula is C24H21ClN2O3S. The number of carbonyl (C=O) groups is 2. The lowest BCUT2D eigenvalue weighted by molar-refractivity contribution is 0.0734. The molecule has 158 valence electrons. The standard InChI is InChI=1S/C24H21ClN2O3S/c1-13-2-11-18-19(12-13)31-23-20(18)22(28)26-21(27-23)14-5-9-17(10-6-14)30-24(29)15-3-7-16(25)8-4-15/h3-10,13,21,27H,2,11-12H2,1H3,(H,26,28)/t13-,21-/m1/s1. The van der Waals surface area contributed by atoms with E-state index in [0.29, 0.717) is 22.3 Å². The lowest BCUT2D eigenvalue weighted by atomic mass is 9.88. The van der Waals surface area contributed by atoms with Crippen molar-refractivity contribution in [3.8, 4) is 5.75 Å². The van der Waals surface area contributed by atoms with Crippen LogP contribution < -0.4 is 15.4 Å². The highest BCUT2D eigenvalue weighted by Gasteiger charge is 2.33. The van der Waals surface area contributed by atoms with E-state index < -0.39 is 5.97 Å². The second-order valence-electron chi connectivity index (χ2n) is 8.07. The zero-order valence-electron chi connectivity index (χ0n) is 16.9. The van der Waals surface area contributed by atoms with Gasteiger partial charge in [0.15, 0.2) is 0 Å². The second kappa shape index (κ2) is 8.02. The largest absolute Gasteiger partial charge is 0.423 e. The molecule has 7 heteroatoms. The molecule has 2 aliphatic rings. The molecular weight excluding hydrogens is 432 g/mol. The minimum absolute atomic E-state index is 0.0240. The van der Waals surface area contributed by atoms with Gasteiger partial charge in [0.2, 0.25) is 0 Å². The number of halogens is 1. The molecule has 0 bridgehead atoms. The Morgan fingerprint density at radius 3 is 2.58 bits per heavy atom. The van der Waals surface area contributed by atoms with E-state index in [1.165, 1.54) is 10.4 Å². The number of thiophene rings is 1. The second-order valence-corrected chi connectivity index (χ2v) is 9.61. The van der Waals surface area contributed by atoms with Crippen LogP contribution in [0.25, 0.3) is 0 Å². The van der Waals surface area contributed by atoms with E-state index in [1.54, 1.807) is 47.7 Å². The van der Waals surface area contributed by atoms with Gasteiger partial charge in [-0.25, -0.2) is 4.79 Å². The molecule has 0 saturated heterocycles. The Kier molecular flexibility index (Phi) is 5.20. The molecule has 31 heavy (non-hydrogen) atoms. The summed E-state index contributed by atoms with van der Waals surface area (Å²) in [5.74, 6) is 0.627. The van der Waals surface area contributed by atoms with Gasteiger partial charge < -0.3 is 15.4 Å². The molecule has 0 unspecified atom stereocenters. The molecule has 1 aromatic heterocycles. The Balaban J connectivity index is 1.31. The molecule has 1 aliphatic carbocycles. The molecule has 5 rings (SSSR count). The molecule has 0 radical (unpaired) electrons. The van der Waals surface area contributed by atoms with Gasteiger partial charge in [-0.05, 0) is 72.7 Å². The van der Waals surface area contributed by atoms with E-state index in [9.17, 15) is 9.59 Å². The van der Waals surface area contributed by atoms with Crippen molar-refractivity contribution in [2.24, 2.45) is 5.92 Å². The highest BCUT2D eigenvalue weighted by molar-refractivity contribution is 7.16. The van der Waals surface area contributed by atoms with Gasteiger partial charge in [-0.3, -0.25) is 4.79 Å². The highest BCUT2D eigenvalue weighted by atomic mass is 35.5. The summed E-state index contributed by atoms with van der Waals surface area (Å²) in [6, 6.07) is 13.7. The van der Waals surface area contributed by atoms with Crippen molar-refractivity contribution in [1.29, 1.82) is 0 Å². The third kappa shape index (κ3) is 3.93. The summed E-state index contributed by atoms with van der Waals surface area (Å²) in [5.41, 5.74) is 3.35. The van der Waals surface area contributed by atoms with Crippen molar-refractivity contribution in [2.75, 3.05) is 5.32 Å². The maximum atomic E-state index is 12.9. The van der Waals surface area contributed by atoms with Crippen LogP contribution in [0, 0.1) is 5.92 Å². The smallest absolute Gasteiger partial charge is 0.343 e. The Hall–Kier alpha value is -2.83. The molecule has 0 spiro atoms. The number of esters is 1. The quantitative estimate of drug-likeness (QED) is 0.401. The van der Waals surface area contributed by atoms with Gasteiger partial charge >= 0.3 is 5.97 Å². The van der Waals surface area contributed by atoms with E-state index in [0.717, 1.165) is 35.4 Å². The molecule has 0 saturated carbocycles. The Morgan fingerprint density at radius 1 is 1.10 bits per heavy atom. The number of hydrogen-bond donors (Lipinski definition) is 2. The lowest BCUT2D eigenvalue weighted by Gasteiger charge is -2.27. The maximum Gasteiger partial charge on any atom is 0.343 e. The highest BCUT2D eigenvalue weighted by Crippen LogP contribution is 2.42. The Morgan fingerprint density at radius 2 is 1.84 bits per heavy atom. The molecule has 5 nitrogen and oxygen atoms in total. The van der Waals surface area contributed by atoms with E-state index in [4.69, 9.17) is 16.3 Å². The molecule has 2 heterocycles. The fourth-order valence-corrected chi connectivity index (χ4v) is 5.67. The summed E-state index contributed by atoms with van der Waals surface area (Å²) in [4.78, 5) is 26.5. The van der Waals surface area contributed by atoms with E-state index in [-0.39, 0.29) is 12.1 Å². The lowest BCUT2D eigenvalue weighted by Crippen LogP contribution is -2.38. The first-order valence-electron chi connectivity index (χ1n) is 10.3. The first-order chi connectivity index (χ1) is 15.0. The number of carbonyl (C=O) groups excluding carboxylic acids is 2. The fraction of sp³-hybridized carbons (Fsp3) is 0.250. The third-order valence-electron chi connectivity index (χ3n) is 5.79. The van der Waals surface area contributed by atoms with Crippen LogP contribution in [-0.2, 0) is 12.8 Å². The summed E-state index contributed by atoms with van der Waals surface area (Å²) < 4.78 is 5.44. The van der Waals surface area contributed by atoms with Gasteiger partial charge in [0.1, 0.15) is 16.9 Å². The van der Waals surface area contributed by atoms with Crippen molar-refractivity contribution in [3.63, 3.8) is 0 Å². The van der Waals surface area contributed by atoms with Crippen molar-refractivity contribution in [2.45, 2.75) is 32.4 Å². The van der Waals surface area contributed by atoms with Gasteiger partial charge in [0.05, 0.1) is 11.1 Å². The molecule has 2 N–H and O–H groups in total. The number of amides is 1. The number of nitrogens with one attached hydrogen (secondary N) is 2. The molecule has 1 amide bonds. The molecule has 3 aromatic rings. The van der Waals surface area contributed by atoms with Crippen molar-refractivity contribution in [1.82, 2.24) is 5.32 Å². The number of benzene rings is 2. The summed E-state index contributed by atoms with van der Waals surface area (Å²) in [7, 11) is 0. The molecule has 1 aliphatic heterocycles. The number of anilines is 1. The van der Waals surface area contributed by atoms with Crippen LogP contribution in [0.4, 0.5) is 5.00 Å². The third-order valence-corrected chi connectivity index (χ3v) is 7.23. The van der Waals surface area contributed by atoms with Crippen LogP contribution in [0.5, 0.6) is 5.75 Å². The number of ether oxygens (including phenoxy) is 1. The summed E-state index contributed by atoms with van der Waals surface area (Å²) in [6.07, 6.45) is 2.82. The van der Waals surface area contributed by atoms with Gasteiger partial charge in [0, 0.05) is 9.90 Å². The SMILES string of the molecule is C[C@@H]1CCc2c(sc3c2C(=O)N[C@@H](c2ccc(OC(=O)c4ccc(Cl)cc4)cc2)N3)C1. The number of rotatable bonds is 3. The summed E-state index contributed by atoms with van der Waals surface area (Å²) >= 11 is 7.56. The number of fused-ring (bicyclic) bond motifs is 3. The topological polar surface area (TPSA) is 67.4 Å². The average molecular weight is 453 g/mol. The van der Waals surface area contributed by atoms with Gasteiger partial charge in [-0.1, -0.05) is 30.7 Å². The minimum atomic E-state index is -0.448. The maximum absolute atomic E-state index is 12.9. The van der Waals surface area contributed by atoms with Gasteiger partial charge in [-0.15, -0.1) is 11.3 Å². The zero-order valence-corrected chi connectivity index (χ0v) is 18.5. The fourth-order valence-electron chi connectivity index (χ4n) is 4.11. The predicted octanol–water partition coefficient (Wildman–Crippen LogP) is 5.60. The van der Waals surface area contributed by atoms with Gasteiger partial charge in [-0.2, -0.15) is 0 Å².